The lowest BCUT2D eigenvalue weighted by Gasteiger charge is -2.25. The van der Waals surface area contributed by atoms with E-state index in [2.05, 4.69) is 4.29 Å². The van der Waals surface area contributed by atoms with Crippen LogP contribution in [-0.2, 0) is 9.03 Å². The zero-order chi connectivity index (χ0) is 17.3. The smallest absolute Gasteiger partial charge is 0.379 e. The third-order valence-electron chi connectivity index (χ3n) is 3.38. The van der Waals surface area contributed by atoms with Crippen LogP contribution in [0.5, 0.6) is 0 Å². The number of carboxylic acids is 1. The summed E-state index contributed by atoms with van der Waals surface area (Å²) in [7, 11) is -4.73. The zero-order valence-corrected chi connectivity index (χ0v) is 12.8. The van der Waals surface area contributed by atoms with Crippen molar-refractivity contribution >= 4 is 17.8 Å². The van der Waals surface area contributed by atoms with E-state index < -0.39 is 22.5 Å². The van der Waals surface area contributed by atoms with Gasteiger partial charge in [0.05, 0.1) is 15.8 Å². The van der Waals surface area contributed by atoms with Crippen molar-refractivity contribution in [1.82, 2.24) is 0 Å². The van der Waals surface area contributed by atoms with Crippen molar-refractivity contribution in [1.29, 1.82) is 0 Å². The molecule has 0 aromatic heterocycles. The van der Waals surface area contributed by atoms with Gasteiger partial charge in [0.25, 0.3) is 0 Å². The maximum atomic E-state index is 11.4. The molecule has 1 unspecified atom stereocenters. The van der Waals surface area contributed by atoms with Gasteiger partial charge in [-0.1, -0.05) is 42.5 Å². The van der Waals surface area contributed by atoms with Gasteiger partial charge >= 0.3 is 12.3 Å². The van der Waals surface area contributed by atoms with E-state index in [4.69, 9.17) is 4.74 Å². The normalized spacial score (nSPS) is 16.8. The highest BCUT2D eigenvalue weighted by molar-refractivity contribution is 5.96. The van der Waals surface area contributed by atoms with Crippen LogP contribution in [0.3, 0.4) is 0 Å². The fourth-order valence-corrected chi connectivity index (χ4v) is 2.73. The van der Waals surface area contributed by atoms with Gasteiger partial charge in [-0.3, -0.25) is 0 Å². The lowest BCUT2D eigenvalue weighted by Crippen LogP contribution is -2.61. The molecule has 1 atom stereocenters. The van der Waals surface area contributed by atoms with Crippen LogP contribution in [0.15, 0.2) is 48.5 Å². The minimum absolute atomic E-state index is 0.0237. The van der Waals surface area contributed by atoms with Gasteiger partial charge in [0, 0.05) is 11.1 Å². The van der Waals surface area contributed by atoms with Gasteiger partial charge in [-0.15, -0.1) is 0 Å². The van der Waals surface area contributed by atoms with Crippen LogP contribution in [0.25, 0.3) is 11.8 Å². The molecule has 1 heterocycles. The van der Waals surface area contributed by atoms with Crippen LogP contribution < -0.4 is 14.0 Å². The van der Waals surface area contributed by atoms with Crippen LogP contribution in [-0.4, -0.2) is 11.1 Å². The quantitative estimate of drug-likeness (QED) is 0.811. The number of benzene rings is 2. The van der Waals surface area contributed by atoms with Gasteiger partial charge in [-0.2, -0.15) is 14.0 Å². The Balaban J connectivity index is 2.08. The van der Waals surface area contributed by atoms with E-state index in [9.17, 15) is 23.9 Å². The molecule has 2 aromatic carbocycles. The fourth-order valence-electron chi connectivity index (χ4n) is 2.40. The summed E-state index contributed by atoms with van der Waals surface area (Å²) >= 11 is 0. The Hall–Kier alpha value is -2.42. The molecule has 1 aliphatic heterocycles. The van der Waals surface area contributed by atoms with Gasteiger partial charge in [0.2, 0.25) is 0 Å². The van der Waals surface area contributed by atoms with Gasteiger partial charge in [-0.25, -0.2) is 4.79 Å². The molecule has 1 N–H and O–H groups in total. The zero-order valence-electron chi connectivity index (χ0n) is 12.0. The van der Waals surface area contributed by atoms with E-state index in [-0.39, 0.29) is 16.9 Å². The number of aromatic carboxylic acids is 1. The first-order valence-electron chi connectivity index (χ1n) is 6.74. The van der Waals surface area contributed by atoms with Crippen LogP contribution in [0.1, 0.15) is 33.3 Å². The van der Waals surface area contributed by atoms with Crippen molar-refractivity contribution in [2.24, 2.45) is 0 Å². The van der Waals surface area contributed by atoms with Crippen molar-refractivity contribution in [3.8, 4) is 0 Å². The summed E-state index contributed by atoms with van der Waals surface area (Å²) in [5, 5.41) is 9.28. The number of ether oxygens (including phenoxy) is 1. The Labute approximate surface area is 138 Å². The molecule has 0 bridgehead atoms. The molecule has 0 saturated carbocycles. The molecule has 124 valence electrons. The fraction of sp³-hybridized carbons (Fsp3) is 0.0625. The van der Waals surface area contributed by atoms with E-state index in [0.717, 1.165) is 0 Å². The third kappa shape index (κ3) is 3.40. The summed E-state index contributed by atoms with van der Waals surface area (Å²) in [6, 6.07) is 12.6. The summed E-state index contributed by atoms with van der Waals surface area (Å²) in [4.78, 5) is 11.4. The monoisotopic (exact) mass is 350 g/mol. The van der Waals surface area contributed by atoms with Crippen molar-refractivity contribution in [3.63, 3.8) is 0 Å². The van der Waals surface area contributed by atoms with Crippen molar-refractivity contribution in [2.45, 2.75) is 6.29 Å². The lowest BCUT2D eigenvalue weighted by molar-refractivity contribution is -1.92. The predicted molar refractivity (Wildman–Crippen MR) is 72.6 cm³/mol. The number of carboxylic acid groups (broad SMARTS) is 1. The van der Waals surface area contributed by atoms with Crippen molar-refractivity contribution in [2.75, 3.05) is 0 Å². The minimum atomic E-state index is -4.73. The first-order valence-corrected chi connectivity index (χ1v) is 7.98. The molecule has 3 rings (SSSR count). The molecule has 0 fully saturated rings. The Kier molecular flexibility index (Phi) is 4.27. The largest absolute Gasteiger partial charge is 0.478 e. The molecule has 0 aliphatic carbocycles. The van der Waals surface area contributed by atoms with Crippen LogP contribution in [0.4, 0.5) is 0 Å². The molecule has 1 aliphatic rings. The Morgan fingerprint density at radius 1 is 1.08 bits per heavy atom. The molecule has 7 nitrogen and oxygen atoms in total. The van der Waals surface area contributed by atoms with E-state index in [1.54, 1.807) is 42.5 Å². The maximum Gasteiger partial charge on any atom is 0.379 e. The SMILES string of the molecule is O=C(O)c1ccccc1C1=Cc2ccccc2C(O[Cl+3]([O-])([O-])[O-])O1. The maximum absolute atomic E-state index is 11.4. The molecular formula is C16H11ClO7. The summed E-state index contributed by atoms with van der Waals surface area (Å²) in [5.41, 5.74) is 1.13. The summed E-state index contributed by atoms with van der Waals surface area (Å²) in [5.74, 6) is -1.07. The van der Waals surface area contributed by atoms with Crippen molar-refractivity contribution in [3.05, 3.63) is 70.8 Å². The summed E-state index contributed by atoms with van der Waals surface area (Å²) in [6.07, 6.45) is 0.0675. The molecule has 24 heavy (non-hydrogen) atoms. The first kappa shape index (κ1) is 16.4. The highest BCUT2D eigenvalue weighted by Crippen LogP contribution is 2.38. The Morgan fingerprint density at radius 2 is 1.75 bits per heavy atom. The molecule has 0 spiro atoms. The van der Waals surface area contributed by atoms with Gasteiger partial charge < -0.3 is 9.84 Å². The predicted octanol–water partition coefficient (Wildman–Crippen LogP) is -0.174. The highest BCUT2D eigenvalue weighted by Gasteiger charge is 2.37. The molecule has 0 amide bonds. The van der Waals surface area contributed by atoms with Crippen LogP contribution in [0.2, 0.25) is 0 Å². The van der Waals surface area contributed by atoms with Gasteiger partial charge in [0.1, 0.15) is 10.0 Å². The number of hydrogen-bond acceptors (Lipinski definition) is 6. The van der Waals surface area contributed by atoms with E-state index in [1.807, 2.05) is 0 Å². The molecular weight excluding hydrogens is 340 g/mol. The Morgan fingerprint density at radius 3 is 2.46 bits per heavy atom. The van der Waals surface area contributed by atoms with E-state index >= 15 is 0 Å². The molecule has 8 heteroatoms. The summed E-state index contributed by atoms with van der Waals surface area (Å²) < 4.78 is 42.7. The molecule has 2 aromatic rings. The van der Waals surface area contributed by atoms with E-state index in [1.165, 1.54) is 12.1 Å². The van der Waals surface area contributed by atoms with Gasteiger partial charge in [0.15, 0.2) is 0 Å². The van der Waals surface area contributed by atoms with Crippen LogP contribution in [0, 0.1) is 10.2 Å². The standard InChI is InChI=1S/C16H11ClO7/c18-15(19)13-8-4-3-7-12(13)14-9-10-5-1-2-6-11(10)16(23-14)24-17(20,21)22/h1-9,16H,(H,18,19). The van der Waals surface area contributed by atoms with Crippen LogP contribution >= 0.6 is 0 Å². The van der Waals surface area contributed by atoms with Crippen molar-refractivity contribution < 1.29 is 43.1 Å². The second kappa shape index (κ2) is 6.23. The average Bonchev–Trinajstić information content (AvgIpc) is 2.53. The third-order valence-corrected chi connectivity index (χ3v) is 3.76. The minimum Gasteiger partial charge on any atom is -0.478 e. The van der Waals surface area contributed by atoms with E-state index in [0.29, 0.717) is 11.1 Å². The number of hydrogen-bond donors (Lipinski definition) is 1. The molecule has 0 radical (unpaired) electrons. The second-order valence-electron chi connectivity index (χ2n) is 4.91. The number of rotatable bonds is 4. The average molecular weight is 351 g/mol. The van der Waals surface area contributed by atoms with Gasteiger partial charge in [-0.05, 0) is 17.7 Å². The molecule has 0 saturated heterocycles. The lowest BCUT2D eigenvalue weighted by atomic mass is 9.99. The summed E-state index contributed by atoms with van der Waals surface area (Å²) in [6.45, 7) is 0. The first-order chi connectivity index (χ1) is 11.3. The Bertz CT molecular complexity index is 810. The second-order valence-corrected chi connectivity index (χ2v) is 5.84. The topological polar surface area (TPSA) is 125 Å². The number of carbonyl (C=O) groups is 1. The highest BCUT2D eigenvalue weighted by atomic mass is 35.7. The number of fused-ring (bicyclic) bond motifs is 1. The number of halogens is 1.